The van der Waals surface area contributed by atoms with Gasteiger partial charge in [-0.1, -0.05) is 18.2 Å². The molecule has 0 unspecified atom stereocenters. The van der Waals surface area contributed by atoms with Crippen molar-refractivity contribution >= 4 is 27.7 Å². The number of aromatic amines is 1. The predicted molar refractivity (Wildman–Crippen MR) is 116 cm³/mol. The van der Waals surface area contributed by atoms with Crippen LogP contribution in [0.2, 0.25) is 0 Å². The van der Waals surface area contributed by atoms with E-state index in [4.69, 9.17) is 4.74 Å². The molecule has 1 aliphatic rings. The molecule has 29 heavy (non-hydrogen) atoms. The number of nitrogens with zero attached hydrogens (tertiary/aromatic N) is 2. The maximum Gasteiger partial charge on any atom is 0.256 e. The number of hydrogen-bond donors (Lipinski definition) is 1. The zero-order valence-corrected chi connectivity index (χ0v) is 17.1. The largest absolute Gasteiger partial charge is 0.497 e. The second kappa shape index (κ2) is 6.69. The summed E-state index contributed by atoms with van der Waals surface area (Å²) in [5, 5.41) is 2.19. The van der Waals surface area contributed by atoms with Crippen molar-refractivity contribution in [3.8, 4) is 5.75 Å². The molecule has 0 saturated heterocycles. The maximum absolute atomic E-state index is 13.7. The zero-order valence-electron chi connectivity index (χ0n) is 17.1. The predicted octanol–water partition coefficient (Wildman–Crippen LogP) is 4.66. The lowest BCUT2D eigenvalue weighted by Crippen LogP contribution is -2.36. The molecule has 2 aromatic heterocycles. The highest BCUT2D eigenvalue weighted by atomic mass is 16.5. The van der Waals surface area contributed by atoms with Crippen LogP contribution in [0.3, 0.4) is 0 Å². The van der Waals surface area contributed by atoms with Crippen molar-refractivity contribution in [2.45, 2.75) is 33.4 Å². The summed E-state index contributed by atoms with van der Waals surface area (Å²) in [5.74, 6) is 0.876. The van der Waals surface area contributed by atoms with E-state index in [0.29, 0.717) is 6.54 Å². The lowest BCUT2D eigenvalue weighted by atomic mass is 10.0. The highest BCUT2D eigenvalue weighted by Crippen LogP contribution is 2.33. The quantitative estimate of drug-likeness (QED) is 0.556. The number of aryl methyl sites for hydroxylation is 1. The Morgan fingerprint density at radius 3 is 2.79 bits per heavy atom. The van der Waals surface area contributed by atoms with Crippen LogP contribution >= 0.6 is 0 Å². The third kappa shape index (κ3) is 2.64. The van der Waals surface area contributed by atoms with Gasteiger partial charge in [0.25, 0.3) is 5.91 Å². The van der Waals surface area contributed by atoms with Crippen molar-refractivity contribution in [1.29, 1.82) is 0 Å². The Morgan fingerprint density at radius 2 is 2.00 bits per heavy atom. The molecule has 1 aliphatic heterocycles. The van der Waals surface area contributed by atoms with E-state index in [9.17, 15) is 4.79 Å². The Bertz CT molecular complexity index is 1250. The van der Waals surface area contributed by atoms with Gasteiger partial charge in [0.05, 0.1) is 12.7 Å². The molecule has 1 N–H and O–H groups in total. The van der Waals surface area contributed by atoms with Gasteiger partial charge in [-0.3, -0.25) is 4.79 Å². The number of benzene rings is 2. The number of ether oxygens (including phenoxy) is 1. The number of methoxy groups -OCH3 is 1. The molecule has 0 aliphatic carbocycles. The molecule has 0 bridgehead atoms. The van der Waals surface area contributed by atoms with Gasteiger partial charge in [-0.2, -0.15) is 0 Å². The molecule has 0 atom stereocenters. The monoisotopic (exact) mass is 387 g/mol. The normalized spacial score (nSPS) is 13.8. The number of para-hydroxylation sites is 1. The second-order valence-corrected chi connectivity index (χ2v) is 7.69. The number of amides is 1. The van der Waals surface area contributed by atoms with Crippen LogP contribution in [0.5, 0.6) is 5.75 Å². The molecule has 4 aromatic rings. The van der Waals surface area contributed by atoms with Crippen molar-refractivity contribution in [2.24, 2.45) is 0 Å². The third-order valence-corrected chi connectivity index (χ3v) is 6.23. The van der Waals surface area contributed by atoms with E-state index in [-0.39, 0.29) is 5.91 Å². The average Bonchev–Trinajstić information content (AvgIpc) is 3.26. The minimum atomic E-state index is 0.101. The SMILES string of the molecule is CCn1c(C)c(C(=O)N2CCc3[nH]c4ccccc4c3C2)c2cc(OC)ccc21. The topological polar surface area (TPSA) is 50.3 Å². The summed E-state index contributed by atoms with van der Waals surface area (Å²) in [5.41, 5.74) is 6.54. The van der Waals surface area contributed by atoms with Crippen molar-refractivity contribution < 1.29 is 9.53 Å². The smallest absolute Gasteiger partial charge is 0.256 e. The molecule has 0 radical (unpaired) electrons. The minimum absolute atomic E-state index is 0.101. The van der Waals surface area contributed by atoms with Crippen molar-refractivity contribution in [1.82, 2.24) is 14.5 Å². The van der Waals surface area contributed by atoms with Crippen LogP contribution in [0.15, 0.2) is 42.5 Å². The van der Waals surface area contributed by atoms with E-state index in [1.165, 1.54) is 16.6 Å². The first kappa shape index (κ1) is 17.9. The van der Waals surface area contributed by atoms with Gasteiger partial charge < -0.3 is 19.2 Å². The summed E-state index contributed by atoms with van der Waals surface area (Å²) >= 11 is 0. The first-order valence-corrected chi connectivity index (χ1v) is 10.2. The first-order chi connectivity index (χ1) is 14.1. The van der Waals surface area contributed by atoms with Gasteiger partial charge in [0, 0.05) is 64.8 Å². The number of nitrogens with one attached hydrogen (secondary N) is 1. The van der Waals surface area contributed by atoms with Crippen LogP contribution in [-0.4, -0.2) is 34.0 Å². The minimum Gasteiger partial charge on any atom is -0.497 e. The highest BCUT2D eigenvalue weighted by Gasteiger charge is 2.28. The number of aromatic nitrogens is 2. The van der Waals surface area contributed by atoms with Gasteiger partial charge in [0.2, 0.25) is 0 Å². The summed E-state index contributed by atoms with van der Waals surface area (Å²) in [6, 6.07) is 14.3. The molecule has 0 spiro atoms. The second-order valence-electron chi connectivity index (χ2n) is 7.69. The Hall–Kier alpha value is -3.21. The van der Waals surface area contributed by atoms with Crippen molar-refractivity contribution in [2.75, 3.05) is 13.7 Å². The zero-order chi connectivity index (χ0) is 20.1. The fraction of sp³-hybridized carbons (Fsp3) is 0.292. The molecule has 5 nitrogen and oxygen atoms in total. The average molecular weight is 387 g/mol. The van der Waals surface area contributed by atoms with E-state index in [1.807, 2.05) is 30.0 Å². The lowest BCUT2D eigenvalue weighted by Gasteiger charge is -2.27. The van der Waals surface area contributed by atoms with Gasteiger partial charge in [-0.05, 0) is 38.1 Å². The summed E-state index contributed by atoms with van der Waals surface area (Å²) in [4.78, 5) is 19.2. The number of carbonyl (C=O) groups excluding carboxylic acids is 1. The van der Waals surface area contributed by atoms with Gasteiger partial charge in [-0.15, -0.1) is 0 Å². The number of hydrogen-bond acceptors (Lipinski definition) is 2. The van der Waals surface area contributed by atoms with E-state index in [0.717, 1.165) is 52.9 Å². The van der Waals surface area contributed by atoms with Crippen LogP contribution in [0.4, 0.5) is 0 Å². The van der Waals surface area contributed by atoms with Gasteiger partial charge in [-0.25, -0.2) is 0 Å². The highest BCUT2D eigenvalue weighted by molar-refractivity contribution is 6.09. The Balaban J connectivity index is 1.59. The van der Waals surface area contributed by atoms with E-state index in [1.54, 1.807) is 7.11 Å². The molecule has 0 fully saturated rings. The molecule has 1 amide bonds. The van der Waals surface area contributed by atoms with Crippen LogP contribution in [0.1, 0.15) is 34.2 Å². The number of H-pyrrole nitrogens is 1. The number of carbonyl (C=O) groups is 1. The Kier molecular flexibility index (Phi) is 4.12. The Morgan fingerprint density at radius 1 is 1.17 bits per heavy atom. The molecule has 0 saturated carbocycles. The molecule has 3 heterocycles. The van der Waals surface area contributed by atoms with Crippen molar-refractivity contribution in [3.63, 3.8) is 0 Å². The van der Waals surface area contributed by atoms with Gasteiger partial charge in [0.15, 0.2) is 0 Å². The fourth-order valence-electron chi connectivity index (χ4n) is 4.76. The first-order valence-electron chi connectivity index (χ1n) is 10.2. The van der Waals surface area contributed by atoms with E-state index in [2.05, 4.69) is 40.7 Å². The van der Waals surface area contributed by atoms with Gasteiger partial charge >= 0.3 is 0 Å². The molecule has 148 valence electrons. The summed E-state index contributed by atoms with van der Waals surface area (Å²) < 4.78 is 7.64. The molecular weight excluding hydrogens is 362 g/mol. The number of rotatable bonds is 3. The summed E-state index contributed by atoms with van der Waals surface area (Å²) in [6.45, 7) is 6.35. The van der Waals surface area contributed by atoms with E-state index < -0.39 is 0 Å². The van der Waals surface area contributed by atoms with Crippen LogP contribution in [-0.2, 0) is 19.5 Å². The third-order valence-electron chi connectivity index (χ3n) is 6.23. The Labute approximate surface area is 169 Å². The van der Waals surface area contributed by atoms with E-state index >= 15 is 0 Å². The maximum atomic E-state index is 13.7. The van der Waals surface area contributed by atoms with Crippen molar-refractivity contribution in [3.05, 3.63) is 65.0 Å². The van der Waals surface area contributed by atoms with Gasteiger partial charge in [0.1, 0.15) is 5.75 Å². The standard InChI is InChI=1S/C24H25N3O2/c1-4-27-15(2)23(18-13-16(29-3)9-10-22(18)27)24(28)26-12-11-21-19(14-26)17-7-5-6-8-20(17)25-21/h5-10,13,25H,4,11-12,14H2,1-3H3. The number of fused-ring (bicyclic) bond motifs is 4. The molecule has 2 aromatic carbocycles. The van der Waals surface area contributed by atoms with Crippen LogP contribution in [0.25, 0.3) is 21.8 Å². The van der Waals surface area contributed by atoms with Crippen LogP contribution < -0.4 is 4.74 Å². The lowest BCUT2D eigenvalue weighted by molar-refractivity contribution is 0.0736. The summed E-state index contributed by atoms with van der Waals surface area (Å²) in [6.07, 6.45) is 0.852. The van der Waals surface area contributed by atoms with Crippen LogP contribution in [0, 0.1) is 6.92 Å². The molecule has 5 heteroatoms. The molecule has 5 rings (SSSR count). The molecular formula is C24H25N3O2. The summed E-state index contributed by atoms with van der Waals surface area (Å²) in [7, 11) is 1.66. The fourth-order valence-corrected chi connectivity index (χ4v) is 4.76.